The molecule has 0 saturated heterocycles. The summed E-state index contributed by atoms with van der Waals surface area (Å²) in [6.07, 6.45) is 3.32. The summed E-state index contributed by atoms with van der Waals surface area (Å²) in [5.74, 6) is 0. The van der Waals surface area contributed by atoms with E-state index in [1.54, 1.807) is 11.3 Å². The Labute approximate surface area is 119 Å². The topological polar surface area (TPSA) is 33.1 Å². The molecule has 0 radical (unpaired) electrons. The molecule has 1 heterocycles. The fourth-order valence-electron chi connectivity index (χ4n) is 2.37. The van der Waals surface area contributed by atoms with Crippen molar-refractivity contribution in [3.05, 3.63) is 39.8 Å². The van der Waals surface area contributed by atoms with Crippen molar-refractivity contribution in [3.63, 3.8) is 0 Å². The first-order valence-electron chi connectivity index (χ1n) is 6.06. The fourth-order valence-corrected chi connectivity index (χ4v) is 3.71. The van der Waals surface area contributed by atoms with Gasteiger partial charge in [-0.25, -0.2) is 4.98 Å². The average Bonchev–Trinajstić information content (AvgIpc) is 2.78. The Morgan fingerprint density at radius 3 is 2.83 bits per heavy atom. The summed E-state index contributed by atoms with van der Waals surface area (Å²) < 4.78 is 1.07. The molecule has 0 amide bonds. The summed E-state index contributed by atoms with van der Waals surface area (Å²) in [5, 5.41) is 12.7. The number of hydrogen-bond acceptors (Lipinski definition) is 3. The second-order valence-corrected chi connectivity index (χ2v) is 6.61. The number of nitrogens with zero attached hydrogens (tertiary/aromatic N) is 1. The Hall–Kier alpha value is -0.710. The van der Waals surface area contributed by atoms with Gasteiger partial charge >= 0.3 is 0 Å². The first kappa shape index (κ1) is 12.3. The minimum absolute atomic E-state index is 0.0548. The van der Waals surface area contributed by atoms with E-state index in [0.29, 0.717) is 0 Å². The van der Waals surface area contributed by atoms with Crippen molar-refractivity contribution in [2.75, 3.05) is 6.61 Å². The van der Waals surface area contributed by atoms with Crippen LogP contribution in [0.3, 0.4) is 0 Å². The Bertz CT molecular complexity index is 557. The van der Waals surface area contributed by atoms with Crippen molar-refractivity contribution in [2.45, 2.75) is 24.7 Å². The highest BCUT2D eigenvalue weighted by Crippen LogP contribution is 2.44. The van der Waals surface area contributed by atoms with E-state index in [2.05, 4.69) is 33.4 Å². The predicted molar refractivity (Wildman–Crippen MR) is 77.9 cm³/mol. The smallest absolute Gasteiger partial charge is 0.123 e. The summed E-state index contributed by atoms with van der Waals surface area (Å²) in [6, 6.07) is 8.18. The van der Waals surface area contributed by atoms with Gasteiger partial charge < -0.3 is 5.11 Å². The lowest BCUT2D eigenvalue weighted by Gasteiger charge is -2.38. The van der Waals surface area contributed by atoms with Gasteiger partial charge in [-0.2, -0.15) is 0 Å². The highest BCUT2D eigenvalue weighted by atomic mass is 79.9. The zero-order valence-electron chi connectivity index (χ0n) is 9.90. The Balaban J connectivity index is 1.94. The predicted octanol–water partition coefficient (Wildman–Crippen LogP) is 3.99. The van der Waals surface area contributed by atoms with E-state index in [4.69, 9.17) is 4.98 Å². The first-order chi connectivity index (χ1) is 8.73. The third-order valence-electron chi connectivity index (χ3n) is 3.73. The van der Waals surface area contributed by atoms with Crippen LogP contribution in [-0.4, -0.2) is 16.7 Å². The number of halogens is 1. The number of aromatic nitrogens is 1. The first-order valence-corrected chi connectivity index (χ1v) is 7.74. The second-order valence-electron chi connectivity index (χ2n) is 4.84. The molecule has 1 aromatic heterocycles. The van der Waals surface area contributed by atoms with E-state index < -0.39 is 0 Å². The van der Waals surface area contributed by atoms with E-state index in [0.717, 1.165) is 33.6 Å². The van der Waals surface area contributed by atoms with Gasteiger partial charge in [0.1, 0.15) is 5.01 Å². The molecule has 0 atom stereocenters. The van der Waals surface area contributed by atoms with Crippen molar-refractivity contribution in [1.82, 2.24) is 4.98 Å². The maximum Gasteiger partial charge on any atom is 0.123 e. The maximum absolute atomic E-state index is 9.57. The highest BCUT2D eigenvalue weighted by molar-refractivity contribution is 9.10. The molecule has 18 heavy (non-hydrogen) atoms. The van der Waals surface area contributed by atoms with Gasteiger partial charge in [0.05, 0.1) is 12.3 Å². The standard InChI is InChI=1S/C14H14BrNOS/c15-11-4-1-3-10(7-11)13-16-12(8-18-13)14(9-17)5-2-6-14/h1,3-4,7-8,17H,2,5-6,9H2. The van der Waals surface area contributed by atoms with Crippen LogP contribution in [0.15, 0.2) is 34.1 Å². The van der Waals surface area contributed by atoms with Crippen molar-refractivity contribution in [2.24, 2.45) is 0 Å². The fraction of sp³-hybridized carbons (Fsp3) is 0.357. The van der Waals surface area contributed by atoms with Crippen molar-refractivity contribution < 1.29 is 5.11 Å². The number of thiazole rings is 1. The van der Waals surface area contributed by atoms with Crippen molar-refractivity contribution >= 4 is 27.3 Å². The van der Waals surface area contributed by atoms with E-state index in [9.17, 15) is 5.11 Å². The zero-order chi connectivity index (χ0) is 12.6. The average molecular weight is 324 g/mol. The molecule has 2 aromatic rings. The molecular formula is C14H14BrNOS. The number of aliphatic hydroxyl groups excluding tert-OH is 1. The molecule has 1 aliphatic carbocycles. The quantitative estimate of drug-likeness (QED) is 0.926. The molecule has 94 valence electrons. The third-order valence-corrected chi connectivity index (χ3v) is 5.12. The number of aliphatic hydroxyl groups is 1. The zero-order valence-corrected chi connectivity index (χ0v) is 12.3. The van der Waals surface area contributed by atoms with Crippen molar-refractivity contribution in [3.8, 4) is 10.6 Å². The molecule has 0 bridgehead atoms. The van der Waals surface area contributed by atoms with E-state index in [-0.39, 0.29) is 12.0 Å². The lowest BCUT2D eigenvalue weighted by Crippen LogP contribution is -2.38. The van der Waals surface area contributed by atoms with Gasteiger partial charge in [-0.15, -0.1) is 11.3 Å². The molecule has 1 saturated carbocycles. The summed E-state index contributed by atoms with van der Waals surface area (Å²) in [7, 11) is 0. The monoisotopic (exact) mass is 323 g/mol. The van der Waals surface area contributed by atoms with Gasteiger partial charge in [0.15, 0.2) is 0 Å². The number of benzene rings is 1. The molecule has 0 spiro atoms. The molecule has 1 aliphatic rings. The van der Waals surface area contributed by atoms with Gasteiger partial charge in [0.2, 0.25) is 0 Å². The number of rotatable bonds is 3. The lowest BCUT2D eigenvalue weighted by atomic mass is 9.67. The molecular weight excluding hydrogens is 310 g/mol. The van der Waals surface area contributed by atoms with Gasteiger partial charge in [0, 0.05) is 20.8 Å². The minimum Gasteiger partial charge on any atom is -0.395 e. The van der Waals surface area contributed by atoms with E-state index in [1.807, 2.05) is 12.1 Å². The third kappa shape index (κ3) is 2.02. The van der Waals surface area contributed by atoms with Gasteiger partial charge in [-0.3, -0.25) is 0 Å². The molecule has 2 nitrogen and oxygen atoms in total. The summed E-state index contributed by atoms with van der Waals surface area (Å²) in [4.78, 5) is 4.72. The van der Waals surface area contributed by atoms with Crippen LogP contribution >= 0.6 is 27.3 Å². The largest absolute Gasteiger partial charge is 0.395 e. The minimum atomic E-state index is -0.0548. The number of hydrogen-bond donors (Lipinski definition) is 1. The summed E-state index contributed by atoms with van der Waals surface area (Å²) in [6.45, 7) is 0.217. The van der Waals surface area contributed by atoms with E-state index >= 15 is 0 Å². The normalized spacial score (nSPS) is 17.4. The van der Waals surface area contributed by atoms with Crippen LogP contribution in [-0.2, 0) is 5.41 Å². The maximum atomic E-state index is 9.57. The van der Waals surface area contributed by atoms with Gasteiger partial charge in [0.25, 0.3) is 0 Å². The second kappa shape index (κ2) is 4.76. The SMILES string of the molecule is OCC1(c2csc(-c3cccc(Br)c3)n2)CCC1. The van der Waals surface area contributed by atoms with Gasteiger partial charge in [-0.1, -0.05) is 34.5 Å². The molecule has 0 unspecified atom stereocenters. The van der Waals surface area contributed by atoms with Crippen molar-refractivity contribution in [1.29, 1.82) is 0 Å². The highest BCUT2D eigenvalue weighted by Gasteiger charge is 2.40. The molecule has 1 N–H and O–H groups in total. The lowest BCUT2D eigenvalue weighted by molar-refractivity contribution is 0.117. The van der Waals surface area contributed by atoms with E-state index in [1.165, 1.54) is 6.42 Å². The van der Waals surface area contributed by atoms with Crippen LogP contribution in [0.5, 0.6) is 0 Å². The molecule has 3 rings (SSSR count). The molecule has 1 aromatic carbocycles. The Morgan fingerprint density at radius 1 is 1.39 bits per heavy atom. The van der Waals surface area contributed by atoms with Crippen LogP contribution in [0.2, 0.25) is 0 Å². The van der Waals surface area contributed by atoms with Crippen LogP contribution in [0, 0.1) is 0 Å². The molecule has 4 heteroatoms. The van der Waals surface area contributed by atoms with Crippen LogP contribution in [0.4, 0.5) is 0 Å². The van der Waals surface area contributed by atoms with Crippen LogP contribution in [0.25, 0.3) is 10.6 Å². The Kier molecular flexibility index (Phi) is 3.26. The van der Waals surface area contributed by atoms with Gasteiger partial charge in [-0.05, 0) is 25.0 Å². The molecule has 0 aliphatic heterocycles. The van der Waals surface area contributed by atoms with Crippen LogP contribution in [0.1, 0.15) is 25.0 Å². The van der Waals surface area contributed by atoms with Crippen LogP contribution < -0.4 is 0 Å². The Morgan fingerprint density at radius 2 is 2.22 bits per heavy atom. The summed E-state index contributed by atoms with van der Waals surface area (Å²) >= 11 is 5.14. The molecule has 1 fully saturated rings. The summed E-state index contributed by atoms with van der Waals surface area (Å²) in [5.41, 5.74) is 2.14.